The predicted octanol–water partition coefficient (Wildman–Crippen LogP) is 4.91. The van der Waals surface area contributed by atoms with Gasteiger partial charge in [-0.1, -0.05) is 70.8 Å². The number of rotatable bonds is 7. The van der Waals surface area contributed by atoms with Crippen molar-refractivity contribution >= 4 is 13.9 Å². The van der Waals surface area contributed by atoms with Gasteiger partial charge in [0.15, 0.2) is 0 Å². The predicted molar refractivity (Wildman–Crippen MR) is 105 cm³/mol. The number of aromatic hydroxyl groups is 1. The summed E-state index contributed by atoms with van der Waals surface area (Å²) in [5, 5.41) is 21.6. The second-order valence-corrected chi connectivity index (χ2v) is 8.35. The van der Waals surface area contributed by atoms with Gasteiger partial charge in [0.05, 0.1) is 6.61 Å². The first-order valence-corrected chi connectivity index (χ1v) is 9.75. The molecule has 2 aromatic carbocycles. The molecule has 0 aliphatic rings. The molecule has 0 aromatic heterocycles. The smallest absolute Gasteiger partial charge is 0.122 e. The van der Waals surface area contributed by atoms with Gasteiger partial charge in [-0.05, 0) is 43.1 Å². The Morgan fingerprint density at radius 2 is 1.79 bits per heavy atom. The van der Waals surface area contributed by atoms with Gasteiger partial charge in [-0.25, -0.2) is 0 Å². The third-order valence-electron chi connectivity index (χ3n) is 4.80. The van der Waals surface area contributed by atoms with E-state index in [4.69, 9.17) is 0 Å². The number of hydrogen-bond donors (Lipinski definition) is 2. The average molecular weight is 344 g/mol. The molecule has 2 N–H and O–H groups in total. The second kappa shape index (κ2) is 8.14. The molecule has 130 valence electrons. The Bertz CT molecular complexity index is 696. The molecule has 24 heavy (non-hydrogen) atoms. The zero-order valence-electron chi connectivity index (χ0n) is 15.2. The van der Waals surface area contributed by atoms with Crippen molar-refractivity contribution in [1.82, 2.24) is 0 Å². The minimum absolute atomic E-state index is 0.0634. The largest absolute Gasteiger partial charge is 0.507 e. The van der Waals surface area contributed by atoms with Crippen molar-refractivity contribution in [3.63, 3.8) is 0 Å². The highest BCUT2D eigenvalue weighted by Gasteiger charge is 2.33. The van der Waals surface area contributed by atoms with Gasteiger partial charge in [0, 0.05) is 10.7 Å². The number of aliphatic hydroxyl groups excluding tert-OH is 1. The maximum Gasteiger partial charge on any atom is 0.122 e. The van der Waals surface area contributed by atoms with E-state index in [2.05, 4.69) is 32.9 Å². The molecule has 2 rings (SSSR count). The third kappa shape index (κ3) is 3.82. The zero-order chi connectivity index (χ0) is 17.7. The van der Waals surface area contributed by atoms with Crippen molar-refractivity contribution in [2.45, 2.75) is 58.7 Å². The van der Waals surface area contributed by atoms with E-state index in [1.54, 1.807) is 0 Å². The Morgan fingerprint density at radius 1 is 1.08 bits per heavy atom. The zero-order valence-corrected chi connectivity index (χ0v) is 16.2. The van der Waals surface area contributed by atoms with E-state index >= 15 is 0 Å². The van der Waals surface area contributed by atoms with Gasteiger partial charge in [-0.2, -0.15) is 0 Å². The van der Waals surface area contributed by atoms with Crippen LogP contribution in [0, 0.1) is 13.8 Å². The van der Waals surface area contributed by atoms with E-state index in [0.29, 0.717) is 14.3 Å². The molecule has 0 radical (unpaired) electrons. The molecule has 0 fully saturated rings. The van der Waals surface area contributed by atoms with Gasteiger partial charge >= 0.3 is 0 Å². The van der Waals surface area contributed by atoms with Gasteiger partial charge in [-0.15, -0.1) is 0 Å². The first-order valence-electron chi connectivity index (χ1n) is 8.75. The van der Waals surface area contributed by atoms with Crippen molar-refractivity contribution in [2.75, 3.05) is 0 Å². The molecule has 2 atom stereocenters. The molecule has 0 aliphatic carbocycles. The maximum absolute atomic E-state index is 10.8. The minimum atomic E-state index is -0.0825. The lowest BCUT2D eigenvalue weighted by atomic mass is 9.88. The molecular formula is C21H29O2P. The van der Waals surface area contributed by atoms with Gasteiger partial charge in [0.2, 0.25) is 0 Å². The van der Waals surface area contributed by atoms with Crippen LogP contribution in [0.15, 0.2) is 36.4 Å². The highest BCUT2D eigenvalue weighted by Crippen LogP contribution is 2.51. The van der Waals surface area contributed by atoms with E-state index in [1.807, 2.05) is 31.2 Å². The van der Waals surface area contributed by atoms with E-state index in [1.165, 1.54) is 10.9 Å². The molecule has 0 amide bonds. The van der Waals surface area contributed by atoms with Crippen LogP contribution in [-0.4, -0.2) is 10.2 Å². The molecular weight excluding hydrogens is 315 g/mol. The number of aliphatic hydroxyl groups is 1. The Labute approximate surface area is 147 Å². The number of phenolic OH excluding ortho intramolecular Hbond substituents is 1. The van der Waals surface area contributed by atoms with E-state index in [-0.39, 0.29) is 11.8 Å². The Kier molecular flexibility index (Phi) is 6.43. The Balaban J connectivity index is 2.59. The molecule has 2 aromatic rings. The van der Waals surface area contributed by atoms with Crippen LogP contribution in [0.2, 0.25) is 0 Å². The Hall–Kier alpha value is -1.37. The first-order chi connectivity index (χ1) is 11.5. The third-order valence-corrected chi connectivity index (χ3v) is 6.91. The summed E-state index contributed by atoms with van der Waals surface area (Å²) in [6.45, 7) is 8.54. The molecule has 0 bridgehead atoms. The van der Waals surface area contributed by atoms with Crippen molar-refractivity contribution < 1.29 is 10.2 Å². The summed E-state index contributed by atoms with van der Waals surface area (Å²) in [5.41, 5.74) is 4.19. The van der Waals surface area contributed by atoms with Crippen molar-refractivity contribution in [2.24, 2.45) is 0 Å². The van der Waals surface area contributed by atoms with Gasteiger partial charge in [0.25, 0.3) is 0 Å². The molecule has 0 heterocycles. The molecule has 0 saturated heterocycles. The van der Waals surface area contributed by atoms with Crippen LogP contribution < -0.4 is 5.30 Å². The van der Waals surface area contributed by atoms with Crippen LogP contribution in [0.4, 0.5) is 0 Å². The van der Waals surface area contributed by atoms with Gasteiger partial charge < -0.3 is 10.2 Å². The van der Waals surface area contributed by atoms with Crippen LogP contribution >= 0.6 is 8.58 Å². The summed E-state index contributed by atoms with van der Waals surface area (Å²) in [7, 11) is 0.525. The quantitative estimate of drug-likeness (QED) is 0.701. The highest BCUT2D eigenvalue weighted by molar-refractivity contribution is 7.48. The number of benzene rings is 2. The fourth-order valence-corrected chi connectivity index (χ4v) is 5.40. The van der Waals surface area contributed by atoms with Crippen LogP contribution in [0.1, 0.15) is 55.4 Å². The number of hydrogen-bond acceptors (Lipinski definition) is 2. The van der Waals surface area contributed by atoms with Crippen LogP contribution in [-0.2, 0) is 11.8 Å². The monoisotopic (exact) mass is 344 g/mol. The van der Waals surface area contributed by atoms with E-state index in [9.17, 15) is 10.2 Å². The molecule has 0 spiro atoms. The highest BCUT2D eigenvalue weighted by atomic mass is 31.1. The minimum Gasteiger partial charge on any atom is -0.507 e. The summed E-state index contributed by atoms with van der Waals surface area (Å²) < 4.78 is 0. The van der Waals surface area contributed by atoms with Gasteiger partial charge in [-0.3, -0.25) is 0 Å². The fraction of sp³-hybridized carbons (Fsp3) is 0.429. The normalized spacial score (nSPS) is 14.2. The van der Waals surface area contributed by atoms with E-state index < -0.39 is 0 Å². The van der Waals surface area contributed by atoms with Crippen LogP contribution in [0.3, 0.4) is 0 Å². The lowest BCUT2D eigenvalue weighted by Crippen LogP contribution is -2.24. The lowest BCUT2D eigenvalue weighted by Gasteiger charge is -2.35. The van der Waals surface area contributed by atoms with Crippen molar-refractivity contribution in [3.8, 4) is 5.75 Å². The molecule has 0 aliphatic heterocycles. The van der Waals surface area contributed by atoms with E-state index in [0.717, 1.165) is 36.0 Å². The standard InChI is InChI=1S/C21H29O2P/c1-5-11-21(6-2,18-13-15(3)12-16(4)20(18)23)24-19-10-8-7-9-17(19)14-22/h7-10,12-13,22-24H,5-6,11,14H2,1-4H3. The molecule has 2 unspecified atom stereocenters. The lowest BCUT2D eigenvalue weighted by molar-refractivity contribution is 0.283. The first kappa shape index (κ1) is 19.0. The summed E-state index contributed by atoms with van der Waals surface area (Å²) in [6.07, 6.45) is 3.06. The Morgan fingerprint density at radius 3 is 2.42 bits per heavy atom. The van der Waals surface area contributed by atoms with Crippen molar-refractivity contribution in [1.29, 1.82) is 0 Å². The molecule has 0 saturated carbocycles. The molecule has 3 heteroatoms. The molecule has 2 nitrogen and oxygen atoms in total. The topological polar surface area (TPSA) is 40.5 Å². The summed E-state index contributed by atoms with van der Waals surface area (Å²) in [6, 6.07) is 12.3. The number of aryl methyl sites for hydroxylation is 2. The van der Waals surface area contributed by atoms with Gasteiger partial charge in [0.1, 0.15) is 5.75 Å². The van der Waals surface area contributed by atoms with Crippen LogP contribution in [0.25, 0.3) is 0 Å². The second-order valence-electron chi connectivity index (χ2n) is 6.60. The maximum atomic E-state index is 10.8. The summed E-state index contributed by atoms with van der Waals surface area (Å²) in [5.74, 6) is 0.435. The average Bonchev–Trinajstić information content (AvgIpc) is 2.58. The number of phenols is 1. The van der Waals surface area contributed by atoms with Crippen molar-refractivity contribution in [3.05, 3.63) is 58.7 Å². The summed E-state index contributed by atoms with van der Waals surface area (Å²) in [4.78, 5) is 0. The SMILES string of the molecule is CCCC(CC)(Pc1ccccc1CO)c1cc(C)cc(C)c1O. The van der Waals surface area contributed by atoms with Crippen LogP contribution in [0.5, 0.6) is 5.75 Å². The summed E-state index contributed by atoms with van der Waals surface area (Å²) >= 11 is 0. The fourth-order valence-electron chi connectivity index (χ4n) is 3.51.